The smallest absolute Gasteiger partial charge is 0.251 e. The second kappa shape index (κ2) is 10.4. The summed E-state index contributed by atoms with van der Waals surface area (Å²) < 4.78 is 1.60. The molecular formula is C30H34N2O3. The van der Waals surface area contributed by atoms with Gasteiger partial charge in [0.2, 0.25) is 5.91 Å². The van der Waals surface area contributed by atoms with Gasteiger partial charge in [0.1, 0.15) is 0 Å². The van der Waals surface area contributed by atoms with E-state index in [4.69, 9.17) is 0 Å². The van der Waals surface area contributed by atoms with E-state index in [1.54, 1.807) is 10.6 Å². The fraction of sp³-hybridized carbons (Fsp3) is 0.333. The molecule has 2 aromatic carbocycles. The number of hydrogen-bond donors (Lipinski definition) is 1. The highest BCUT2D eigenvalue weighted by Crippen LogP contribution is 2.29. The third-order valence-electron chi connectivity index (χ3n) is 7.03. The zero-order chi connectivity index (χ0) is 25.0. The number of nitrogens with zero attached hydrogens (tertiary/aromatic N) is 2. The molecule has 1 aliphatic heterocycles. The second-order valence-corrected chi connectivity index (χ2v) is 9.83. The third kappa shape index (κ3) is 5.80. The van der Waals surface area contributed by atoms with Crippen LogP contribution >= 0.6 is 0 Å². The molecular weight excluding hydrogens is 436 g/mol. The minimum atomic E-state index is -1.04. The van der Waals surface area contributed by atoms with E-state index < -0.39 is 5.60 Å². The van der Waals surface area contributed by atoms with Gasteiger partial charge in [-0.05, 0) is 42.4 Å². The van der Waals surface area contributed by atoms with E-state index >= 15 is 0 Å². The van der Waals surface area contributed by atoms with Crippen LogP contribution in [0.2, 0.25) is 0 Å². The van der Waals surface area contributed by atoms with Crippen molar-refractivity contribution < 1.29 is 9.90 Å². The maximum Gasteiger partial charge on any atom is 0.251 e. The number of aliphatic hydroxyl groups is 1. The van der Waals surface area contributed by atoms with Crippen molar-refractivity contribution in [1.29, 1.82) is 0 Å². The molecule has 0 saturated carbocycles. The van der Waals surface area contributed by atoms with Gasteiger partial charge in [0.25, 0.3) is 5.56 Å². The van der Waals surface area contributed by atoms with Gasteiger partial charge in [-0.15, -0.1) is 0 Å². The first-order valence-corrected chi connectivity index (χ1v) is 12.3. The Hall–Kier alpha value is -3.44. The normalized spacial score (nSPS) is 16.0. The summed E-state index contributed by atoms with van der Waals surface area (Å²) in [6, 6.07) is 21.6. The van der Waals surface area contributed by atoms with E-state index in [2.05, 4.69) is 13.5 Å². The molecule has 1 aliphatic rings. The molecule has 2 heterocycles. The number of piperidine rings is 1. The molecule has 5 nitrogen and oxygen atoms in total. The first-order chi connectivity index (χ1) is 16.8. The van der Waals surface area contributed by atoms with Crippen molar-refractivity contribution in [2.75, 3.05) is 13.1 Å². The van der Waals surface area contributed by atoms with Gasteiger partial charge in [-0.2, -0.15) is 0 Å². The van der Waals surface area contributed by atoms with Gasteiger partial charge in [-0.1, -0.05) is 79.7 Å². The first-order valence-electron chi connectivity index (χ1n) is 12.3. The minimum Gasteiger partial charge on any atom is -0.388 e. The Kier molecular flexibility index (Phi) is 7.37. The van der Waals surface area contributed by atoms with E-state index in [-0.39, 0.29) is 23.9 Å². The maximum absolute atomic E-state index is 12.9. The highest BCUT2D eigenvalue weighted by Gasteiger charge is 2.35. The molecule has 1 amide bonds. The molecule has 5 heteroatoms. The molecule has 1 aromatic heterocycles. The van der Waals surface area contributed by atoms with Gasteiger partial charge in [-0.25, -0.2) is 0 Å². The summed E-state index contributed by atoms with van der Waals surface area (Å²) in [7, 11) is 0. The van der Waals surface area contributed by atoms with Gasteiger partial charge >= 0.3 is 0 Å². The lowest BCUT2D eigenvalue weighted by Crippen LogP contribution is -2.49. The zero-order valence-corrected chi connectivity index (χ0v) is 20.6. The van der Waals surface area contributed by atoms with Crippen LogP contribution in [0.3, 0.4) is 0 Å². The van der Waals surface area contributed by atoms with Crippen molar-refractivity contribution in [3.63, 3.8) is 0 Å². The standard InChI is InChI=1S/C30H34N2O3/c1-22(2)26-19-29(34)32(20-27(26)25-12-8-5-9-13-25)21-30(35)14-16-31(17-15-30)28(33)18-23(3)24-10-6-4-7-11-24/h4-13,19-20,23,35H,1,14-18,21H2,2-3H3. The largest absolute Gasteiger partial charge is 0.388 e. The van der Waals surface area contributed by atoms with Crippen LogP contribution in [-0.4, -0.2) is 39.2 Å². The molecule has 1 saturated heterocycles. The Morgan fingerprint density at radius 1 is 1.06 bits per heavy atom. The van der Waals surface area contributed by atoms with E-state index in [1.807, 2.05) is 78.7 Å². The molecule has 1 fully saturated rings. The number of likely N-dealkylation sites (tertiary alicyclic amines) is 1. The molecule has 0 bridgehead atoms. The van der Waals surface area contributed by atoms with E-state index in [0.29, 0.717) is 32.4 Å². The molecule has 0 spiro atoms. The Labute approximate surface area is 207 Å². The molecule has 35 heavy (non-hydrogen) atoms. The molecule has 4 rings (SSSR count). The van der Waals surface area contributed by atoms with Crippen LogP contribution in [0.1, 0.15) is 50.2 Å². The van der Waals surface area contributed by atoms with Gasteiger partial charge < -0.3 is 14.6 Å². The summed E-state index contributed by atoms with van der Waals surface area (Å²) in [5.41, 5.74) is 3.51. The van der Waals surface area contributed by atoms with Crippen LogP contribution in [0.4, 0.5) is 0 Å². The Bertz CT molecular complexity index is 1240. The lowest BCUT2D eigenvalue weighted by atomic mass is 9.90. The van der Waals surface area contributed by atoms with Gasteiger partial charge in [0, 0.05) is 37.3 Å². The average molecular weight is 471 g/mol. The number of aromatic nitrogens is 1. The van der Waals surface area contributed by atoms with Crippen LogP contribution < -0.4 is 5.56 Å². The zero-order valence-electron chi connectivity index (χ0n) is 20.6. The van der Waals surface area contributed by atoms with Gasteiger partial charge in [-0.3, -0.25) is 9.59 Å². The van der Waals surface area contributed by atoms with E-state index in [0.717, 1.165) is 27.8 Å². The van der Waals surface area contributed by atoms with Crippen molar-refractivity contribution in [2.24, 2.45) is 0 Å². The number of rotatable bonds is 7. The molecule has 182 valence electrons. The summed E-state index contributed by atoms with van der Waals surface area (Å²) in [6.07, 6.45) is 3.16. The molecule has 0 aliphatic carbocycles. The number of carbonyl (C=O) groups excluding carboxylic acids is 1. The monoisotopic (exact) mass is 470 g/mol. The molecule has 1 atom stereocenters. The fourth-order valence-electron chi connectivity index (χ4n) is 4.84. The fourth-order valence-corrected chi connectivity index (χ4v) is 4.84. The quantitative estimate of drug-likeness (QED) is 0.523. The molecule has 1 N–H and O–H groups in total. The number of allylic oxidation sites excluding steroid dienone is 1. The van der Waals surface area contributed by atoms with Crippen LogP contribution in [-0.2, 0) is 11.3 Å². The lowest BCUT2D eigenvalue weighted by Gasteiger charge is -2.39. The van der Waals surface area contributed by atoms with Crippen LogP contribution in [0.15, 0.2) is 84.3 Å². The number of hydrogen-bond acceptors (Lipinski definition) is 3. The summed E-state index contributed by atoms with van der Waals surface area (Å²) in [5, 5.41) is 11.3. The summed E-state index contributed by atoms with van der Waals surface area (Å²) in [6.45, 7) is 9.18. The van der Waals surface area contributed by atoms with Crippen LogP contribution in [0.5, 0.6) is 0 Å². The predicted octanol–water partition coefficient (Wildman–Crippen LogP) is 5.10. The second-order valence-electron chi connectivity index (χ2n) is 9.83. The van der Waals surface area contributed by atoms with E-state index in [9.17, 15) is 14.7 Å². The maximum atomic E-state index is 12.9. The van der Waals surface area contributed by atoms with Crippen LogP contribution in [0.25, 0.3) is 16.7 Å². The van der Waals surface area contributed by atoms with E-state index in [1.165, 1.54) is 0 Å². The molecule has 3 aromatic rings. The number of carbonyl (C=O) groups is 1. The highest BCUT2D eigenvalue weighted by atomic mass is 16.3. The van der Waals surface area contributed by atoms with Gasteiger partial charge in [0.15, 0.2) is 0 Å². The first kappa shape index (κ1) is 24.7. The van der Waals surface area contributed by atoms with Gasteiger partial charge in [0.05, 0.1) is 12.1 Å². The Balaban J connectivity index is 1.45. The highest BCUT2D eigenvalue weighted by molar-refractivity contribution is 5.79. The molecule has 1 unspecified atom stereocenters. The topological polar surface area (TPSA) is 62.5 Å². The average Bonchev–Trinajstić information content (AvgIpc) is 2.86. The van der Waals surface area contributed by atoms with Crippen molar-refractivity contribution >= 4 is 11.5 Å². The summed E-state index contributed by atoms with van der Waals surface area (Å²) in [5.74, 6) is 0.254. The molecule has 0 radical (unpaired) electrons. The lowest BCUT2D eigenvalue weighted by molar-refractivity contribution is -0.136. The number of benzene rings is 2. The summed E-state index contributed by atoms with van der Waals surface area (Å²) >= 11 is 0. The third-order valence-corrected chi connectivity index (χ3v) is 7.03. The number of amides is 1. The van der Waals surface area contributed by atoms with Crippen LogP contribution in [0, 0.1) is 0 Å². The summed E-state index contributed by atoms with van der Waals surface area (Å²) in [4.78, 5) is 27.7. The number of pyridine rings is 1. The predicted molar refractivity (Wildman–Crippen MR) is 141 cm³/mol. The van der Waals surface area contributed by atoms with Crippen molar-refractivity contribution in [1.82, 2.24) is 9.47 Å². The Morgan fingerprint density at radius 3 is 2.26 bits per heavy atom. The van der Waals surface area contributed by atoms with Crippen molar-refractivity contribution in [2.45, 2.75) is 51.2 Å². The Morgan fingerprint density at radius 2 is 1.66 bits per heavy atom. The van der Waals surface area contributed by atoms with Crippen molar-refractivity contribution in [3.8, 4) is 11.1 Å². The van der Waals surface area contributed by atoms with Crippen molar-refractivity contribution in [3.05, 3.63) is 101 Å². The SMILES string of the molecule is C=C(C)c1cc(=O)n(CC2(O)CCN(C(=O)CC(C)c3ccccc3)CC2)cc1-c1ccccc1. The minimum absolute atomic E-state index is 0.109.